The molecule has 3 atom stereocenters. The predicted octanol–water partition coefficient (Wildman–Crippen LogP) is 3.50. The Balaban J connectivity index is 1.86. The van der Waals surface area contributed by atoms with Crippen molar-refractivity contribution in [2.45, 2.75) is 38.6 Å². The average molecular weight is 246 g/mol. The highest BCUT2D eigenvalue weighted by atomic mass is 16.6. The van der Waals surface area contributed by atoms with Crippen LogP contribution in [0, 0.1) is 28.9 Å². The molecule has 1 aromatic rings. The summed E-state index contributed by atoms with van der Waals surface area (Å²) in [6, 6.07) is 5.70. The molecule has 1 aromatic carbocycles. The normalized spacial score (nSPS) is 29.5. The van der Waals surface area contributed by atoms with E-state index in [9.17, 15) is 10.1 Å². The number of nitrogens with zero attached hydrogens (tertiary/aromatic N) is 1. The Morgan fingerprint density at radius 3 is 2.78 bits per heavy atom. The van der Waals surface area contributed by atoms with Crippen LogP contribution in [0.15, 0.2) is 18.2 Å². The first kappa shape index (κ1) is 11.5. The van der Waals surface area contributed by atoms with E-state index in [1.807, 2.05) is 13.0 Å². The maximum atomic E-state index is 11.1. The maximum absolute atomic E-state index is 11.1. The lowest BCUT2D eigenvalue weighted by molar-refractivity contribution is -0.384. The highest BCUT2D eigenvalue weighted by Crippen LogP contribution is 2.46. The molecule has 0 amide bonds. The van der Waals surface area contributed by atoms with Gasteiger partial charge in [0, 0.05) is 12.1 Å². The minimum atomic E-state index is -0.289. The van der Waals surface area contributed by atoms with E-state index in [1.165, 1.54) is 25.7 Å². The molecule has 2 aliphatic carbocycles. The second-order valence-electron chi connectivity index (χ2n) is 5.65. The molecule has 4 heteroatoms. The van der Waals surface area contributed by atoms with E-state index in [2.05, 4.69) is 5.32 Å². The van der Waals surface area contributed by atoms with Gasteiger partial charge in [0.05, 0.1) is 4.92 Å². The minimum absolute atomic E-state index is 0.206. The van der Waals surface area contributed by atoms with Gasteiger partial charge in [0.25, 0.3) is 5.69 Å². The number of aryl methyl sites for hydroxylation is 1. The summed E-state index contributed by atoms with van der Waals surface area (Å²) in [6.45, 7) is 1.93. The Hall–Kier alpha value is -1.58. The molecule has 3 rings (SSSR count). The summed E-state index contributed by atoms with van der Waals surface area (Å²) in [4.78, 5) is 10.8. The van der Waals surface area contributed by atoms with Crippen molar-refractivity contribution in [2.24, 2.45) is 11.8 Å². The average Bonchev–Trinajstić information content (AvgIpc) is 2.93. The van der Waals surface area contributed by atoms with Crippen LogP contribution in [0.3, 0.4) is 0 Å². The van der Waals surface area contributed by atoms with E-state index in [0.29, 0.717) is 12.0 Å². The molecule has 0 radical (unpaired) electrons. The van der Waals surface area contributed by atoms with Gasteiger partial charge in [-0.1, -0.05) is 18.6 Å². The largest absolute Gasteiger partial charge is 0.376 e. The van der Waals surface area contributed by atoms with Crippen LogP contribution in [-0.2, 0) is 0 Å². The van der Waals surface area contributed by atoms with E-state index < -0.39 is 0 Å². The minimum Gasteiger partial charge on any atom is -0.376 e. The van der Waals surface area contributed by atoms with Crippen LogP contribution in [0.2, 0.25) is 0 Å². The molecule has 0 saturated heterocycles. The van der Waals surface area contributed by atoms with Gasteiger partial charge in [0.2, 0.25) is 0 Å². The van der Waals surface area contributed by atoms with E-state index in [-0.39, 0.29) is 10.6 Å². The summed E-state index contributed by atoms with van der Waals surface area (Å²) in [5.74, 6) is 1.56. The molecular formula is C14H18N2O2. The highest BCUT2D eigenvalue weighted by molar-refractivity contribution is 5.66. The van der Waals surface area contributed by atoms with Gasteiger partial charge in [-0.05, 0) is 43.6 Å². The molecule has 96 valence electrons. The number of fused-ring (bicyclic) bond motifs is 2. The fourth-order valence-electron chi connectivity index (χ4n) is 3.60. The van der Waals surface area contributed by atoms with Crippen molar-refractivity contribution in [1.82, 2.24) is 0 Å². The number of benzene rings is 1. The van der Waals surface area contributed by atoms with Crippen molar-refractivity contribution in [3.8, 4) is 0 Å². The van der Waals surface area contributed by atoms with E-state index in [0.717, 1.165) is 17.2 Å². The zero-order valence-electron chi connectivity index (χ0n) is 10.6. The van der Waals surface area contributed by atoms with Crippen LogP contribution in [0.25, 0.3) is 0 Å². The number of hydrogen-bond donors (Lipinski definition) is 1. The molecule has 0 aliphatic heterocycles. The molecule has 0 spiro atoms. The molecule has 1 N–H and O–H groups in total. The van der Waals surface area contributed by atoms with Gasteiger partial charge in [-0.15, -0.1) is 0 Å². The van der Waals surface area contributed by atoms with Crippen molar-refractivity contribution >= 4 is 11.4 Å². The number of para-hydroxylation sites is 1. The molecule has 2 bridgehead atoms. The summed E-state index contributed by atoms with van der Waals surface area (Å²) >= 11 is 0. The lowest BCUT2D eigenvalue weighted by Gasteiger charge is -2.24. The second kappa shape index (κ2) is 4.26. The first-order valence-corrected chi connectivity index (χ1v) is 6.65. The Morgan fingerprint density at radius 1 is 1.33 bits per heavy atom. The predicted molar refractivity (Wildman–Crippen MR) is 70.7 cm³/mol. The molecular weight excluding hydrogens is 228 g/mol. The lowest BCUT2D eigenvalue weighted by atomic mass is 9.95. The number of hydrogen-bond acceptors (Lipinski definition) is 3. The van der Waals surface area contributed by atoms with Gasteiger partial charge in [0.1, 0.15) is 5.69 Å². The van der Waals surface area contributed by atoms with Gasteiger partial charge in [0.15, 0.2) is 0 Å². The second-order valence-corrected chi connectivity index (χ2v) is 5.65. The van der Waals surface area contributed by atoms with Crippen LogP contribution in [-0.4, -0.2) is 11.0 Å². The third-order valence-corrected chi connectivity index (χ3v) is 4.52. The zero-order valence-corrected chi connectivity index (χ0v) is 10.6. The van der Waals surface area contributed by atoms with E-state index in [1.54, 1.807) is 12.1 Å². The van der Waals surface area contributed by atoms with E-state index >= 15 is 0 Å². The summed E-state index contributed by atoms with van der Waals surface area (Å²) < 4.78 is 0. The Labute approximate surface area is 107 Å². The molecule has 2 saturated carbocycles. The van der Waals surface area contributed by atoms with Crippen molar-refractivity contribution in [1.29, 1.82) is 0 Å². The summed E-state index contributed by atoms with van der Waals surface area (Å²) in [6.07, 6.45) is 5.11. The number of rotatable bonds is 3. The van der Waals surface area contributed by atoms with Crippen molar-refractivity contribution < 1.29 is 4.92 Å². The molecule has 0 aromatic heterocycles. The Kier molecular flexibility index (Phi) is 2.73. The molecule has 0 heterocycles. The van der Waals surface area contributed by atoms with Crippen LogP contribution < -0.4 is 5.32 Å². The van der Waals surface area contributed by atoms with Crippen molar-refractivity contribution in [2.75, 3.05) is 5.32 Å². The highest BCUT2D eigenvalue weighted by Gasteiger charge is 2.40. The Morgan fingerprint density at radius 2 is 2.17 bits per heavy atom. The van der Waals surface area contributed by atoms with Gasteiger partial charge >= 0.3 is 0 Å². The Bertz CT molecular complexity index is 487. The first-order valence-electron chi connectivity index (χ1n) is 6.65. The standard InChI is InChI=1S/C14H18N2O2/c1-9-3-2-4-13(16(17)18)14(9)15-12-8-10-5-6-11(12)7-10/h2-4,10-12,15H,5-8H2,1H3. The van der Waals surface area contributed by atoms with Gasteiger partial charge in [-0.3, -0.25) is 10.1 Å². The van der Waals surface area contributed by atoms with Gasteiger partial charge < -0.3 is 5.32 Å². The lowest BCUT2D eigenvalue weighted by Crippen LogP contribution is -2.26. The van der Waals surface area contributed by atoms with E-state index in [4.69, 9.17) is 0 Å². The molecule has 4 nitrogen and oxygen atoms in total. The van der Waals surface area contributed by atoms with Crippen molar-refractivity contribution in [3.05, 3.63) is 33.9 Å². The number of anilines is 1. The molecule has 2 aliphatic rings. The summed E-state index contributed by atoms with van der Waals surface area (Å²) in [7, 11) is 0. The van der Waals surface area contributed by atoms with Crippen LogP contribution in [0.1, 0.15) is 31.2 Å². The smallest absolute Gasteiger partial charge is 0.292 e. The summed E-state index contributed by atoms with van der Waals surface area (Å²) in [5.41, 5.74) is 1.89. The number of nitro groups is 1. The summed E-state index contributed by atoms with van der Waals surface area (Å²) in [5, 5.41) is 14.5. The number of nitro benzene ring substituents is 1. The van der Waals surface area contributed by atoms with Gasteiger partial charge in [-0.25, -0.2) is 0 Å². The number of nitrogens with one attached hydrogen (secondary N) is 1. The third-order valence-electron chi connectivity index (χ3n) is 4.52. The third kappa shape index (κ3) is 1.85. The topological polar surface area (TPSA) is 55.2 Å². The van der Waals surface area contributed by atoms with Crippen molar-refractivity contribution in [3.63, 3.8) is 0 Å². The van der Waals surface area contributed by atoms with Crippen LogP contribution in [0.4, 0.5) is 11.4 Å². The maximum Gasteiger partial charge on any atom is 0.292 e. The fraction of sp³-hybridized carbons (Fsp3) is 0.571. The SMILES string of the molecule is Cc1cccc([N+](=O)[O-])c1NC1CC2CCC1C2. The monoisotopic (exact) mass is 246 g/mol. The van der Waals surface area contributed by atoms with Crippen LogP contribution in [0.5, 0.6) is 0 Å². The first-order chi connectivity index (χ1) is 8.65. The zero-order chi connectivity index (χ0) is 12.7. The molecule has 2 fully saturated rings. The quantitative estimate of drug-likeness (QED) is 0.656. The fourth-order valence-corrected chi connectivity index (χ4v) is 3.60. The van der Waals surface area contributed by atoms with Gasteiger partial charge in [-0.2, -0.15) is 0 Å². The molecule has 3 unspecified atom stereocenters. The van der Waals surface area contributed by atoms with Crippen LogP contribution >= 0.6 is 0 Å². The molecule has 18 heavy (non-hydrogen) atoms.